The Labute approximate surface area is 168 Å². The van der Waals surface area contributed by atoms with Gasteiger partial charge in [0.25, 0.3) is 5.91 Å². The van der Waals surface area contributed by atoms with Crippen LogP contribution < -0.4 is 15.0 Å². The van der Waals surface area contributed by atoms with Gasteiger partial charge in [0, 0.05) is 11.4 Å². The van der Waals surface area contributed by atoms with E-state index in [2.05, 4.69) is 5.32 Å². The van der Waals surface area contributed by atoms with Gasteiger partial charge in [-0.1, -0.05) is 42.5 Å². The van der Waals surface area contributed by atoms with Gasteiger partial charge in [0.1, 0.15) is 12.4 Å². The van der Waals surface area contributed by atoms with Crippen LogP contribution in [0.1, 0.15) is 0 Å². The van der Waals surface area contributed by atoms with Crippen LogP contribution in [0, 0.1) is 0 Å². The van der Waals surface area contributed by atoms with Crippen molar-refractivity contribution in [1.82, 2.24) is 0 Å². The summed E-state index contributed by atoms with van der Waals surface area (Å²) in [7, 11) is 0. The lowest BCUT2D eigenvalue weighted by atomic mass is 10.1. The van der Waals surface area contributed by atoms with Gasteiger partial charge in [-0.25, -0.2) is 4.79 Å². The van der Waals surface area contributed by atoms with Gasteiger partial charge in [-0.05, 0) is 47.5 Å². The summed E-state index contributed by atoms with van der Waals surface area (Å²) in [5.74, 6) is 0.369. The van der Waals surface area contributed by atoms with Crippen LogP contribution in [0.4, 0.5) is 16.2 Å². The zero-order chi connectivity index (χ0) is 20.1. The summed E-state index contributed by atoms with van der Waals surface area (Å²) < 4.78 is 10.5. The highest BCUT2D eigenvalue weighted by Gasteiger charge is 2.23. The lowest BCUT2D eigenvalue weighted by Gasteiger charge is -2.13. The molecule has 0 unspecified atom stereocenters. The van der Waals surface area contributed by atoms with Crippen molar-refractivity contribution in [2.45, 2.75) is 0 Å². The average molecular weight is 388 g/mol. The summed E-state index contributed by atoms with van der Waals surface area (Å²) in [5, 5.41) is 2.78. The average Bonchev–Trinajstić information content (AvgIpc) is 3.20. The molecule has 1 fully saturated rings. The summed E-state index contributed by atoms with van der Waals surface area (Å²) in [6.07, 6.45) is -0.353. The molecular weight excluding hydrogens is 368 g/mol. The molecule has 1 saturated heterocycles. The van der Waals surface area contributed by atoms with Crippen molar-refractivity contribution in [3.05, 3.63) is 78.9 Å². The van der Waals surface area contributed by atoms with Crippen LogP contribution in [0.15, 0.2) is 78.9 Å². The molecule has 0 spiro atoms. The van der Waals surface area contributed by atoms with Crippen molar-refractivity contribution < 1.29 is 19.1 Å². The van der Waals surface area contributed by atoms with Gasteiger partial charge in [-0.15, -0.1) is 0 Å². The van der Waals surface area contributed by atoms with Gasteiger partial charge >= 0.3 is 6.09 Å². The normalized spacial score (nSPS) is 13.1. The van der Waals surface area contributed by atoms with E-state index in [9.17, 15) is 9.59 Å². The van der Waals surface area contributed by atoms with Crippen LogP contribution >= 0.6 is 0 Å². The minimum absolute atomic E-state index is 0.0924. The van der Waals surface area contributed by atoms with E-state index in [0.29, 0.717) is 24.6 Å². The zero-order valence-corrected chi connectivity index (χ0v) is 15.7. The van der Waals surface area contributed by atoms with Gasteiger partial charge in [0.15, 0.2) is 6.61 Å². The maximum absolute atomic E-state index is 12.1. The van der Waals surface area contributed by atoms with E-state index in [0.717, 1.165) is 16.8 Å². The van der Waals surface area contributed by atoms with Crippen molar-refractivity contribution in [1.29, 1.82) is 0 Å². The summed E-state index contributed by atoms with van der Waals surface area (Å²) >= 11 is 0. The molecule has 1 aliphatic rings. The number of anilines is 2. The summed E-state index contributed by atoms with van der Waals surface area (Å²) in [6.45, 7) is 0.827. The van der Waals surface area contributed by atoms with E-state index < -0.39 is 0 Å². The third-order valence-electron chi connectivity index (χ3n) is 4.55. The Morgan fingerprint density at radius 2 is 1.62 bits per heavy atom. The standard InChI is InChI=1S/C23H20N2O4/c26-22(24-19-8-10-20(11-9-19)25-14-15-28-23(25)27)16-29-21-12-6-18(7-13-21)17-4-2-1-3-5-17/h1-13H,14-16H2,(H,24,26). The fraction of sp³-hybridized carbons (Fsp3) is 0.130. The van der Waals surface area contributed by atoms with Crippen LogP contribution in [0.2, 0.25) is 0 Å². The van der Waals surface area contributed by atoms with E-state index in [-0.39, 0.29) is 18.6 Å². The Hall–Kier alpha value is -3.80. The third kappa shape index (κ3) is 4.55. The summed E-state index contributed by atoms with van der Waals surface area (Å²) in [4.78, 5) is 25.3. The summed E-state index contributed by atoms with van der Waals surface area (Å²) in [5.41, 5.74) is 3.58. The Kier molecular flexibility index (Phi) is 5.42. The number of nitrogens with one attached hydrogen (secondary N) is 1. The molecule has 6 nitrogen and oxygen atoms in total. The van der Waals surface area contributed by atoms with Crippen LogP contribution in [0.3, 0.4) is 0 Å². The number of benzene rings is 3. The second-order valence-corrected chi connectivity index (χ2v) is 6.54. The smallest absolute Gasteiger partial charge is 0.414 e. The molecule has 0 aromatic heterocycles. The van der Waals surface area contributed by atoms with Crippen LogP contribution in [0.5, 0.6) is 5.75 Å². The number of carbonyl (C=O) groups excluding carboxylic acids is 2. The van der Waals surface area contributed by atoms with Crippen molar-refractivity contribution in [2.75, 3.05) is 30.0 Å². The van der Waals surface area contributed by atoms with Crippen molar-refractivity contribution in [3.8, 4) is 16.9 Å². The number of carbonyl (C=O) groups is 2. The molecule has 0 radical (unpaired) electrons. The third-order valence-corrected chi connectivity index (χ3v) is 4.55. The van der Waals surface area contributed by atoms with E-state index in [4.69, 9.17) is 9.47 Å². The number of hydrogen-bond donors (Lipinski definition) is 1. The van der Waals surface area contributed by atoms with Gasteiger partial charge < -0.3 is 14.8 Å². The minimum atomic E-state index is -0.353. The number of rotatable bonds is 6. The second-order valence-electron chi connectivity index (χ2n) is 6.54. The van der Waals surface area contributed by atoms with E-state index >= 15 is 0 Å². The van der Waals surface area contributed by atoms with Crippen molar-refractivity contribution in [2.24, 2.45) is 0 Å². The van der Waals surface area contributed by atoms with Gasteiger partial charge in [0.05, 0.1) is 6.54 Å². The van der Waals surface area contributed by atoms with Crippen LogP contribution in [0.25, 0.3) is 11.1 Å². The highest BCUT2D eigenvalue weighted by atomic mass is 16.6. The molecule has 1 N–H and O–H groups in total. The number of ether oxygens (including phenoxy) is 2. The largest absolute Gasteiger partial charge is 0.484 e. The minimum Gasteiger partial charge on any atom is -0.484 e. The predicted molar refractivity (Wildman–Crippen MR) is 111 cm³/mol. The molecular formula is C23H20N2O4. The topological polar surface area (TPSA) is 67.9 Å². The van der Waals surface area contributed by atoms with Gasteiger partial charge in [-0.3, -0.25) is 9.69 Å². The highest BCUT2D eigenvalue weighted by molar-refractivity contribution is 5.93. The molecule has 3 aromatic rings. The van der Waals surface area contributed by atoms with Gasteiger partial charge in [-0.2, -0.15) is 0 Å². The monoisotopic (exact) mass is 388 g/mol. The number of nitrogens with zero attached hydrogens (tertiary/aromatic N) is 1. The first kappa shape index (κ1) is 18.6. The Balaban J connectivity index is 1.29. The molecule has 3 aromatic carbocycles. The van der Waals surface area contributed by atoms with Gasteiger partial charge in [0.2, 0.25) is 0 Å². The summed E-state index contributed by atoms with van der Waals surface area (Å²) in [6, 6.07) is 24.7. The lowest BCUT2D eigenvalue weighted by Crippen LogP contribution is -2.23. The Bertz CT molecular complexity index is 986. The lowest BCUT2D eigenvalue weighted by molar-refractivity contribution is -0.118. The Morgan fingerprint density at radius 3 is 2.28 bits per heavy atom. The van der Waals surface area contributed by atoms with E-state index in [1.54, 1.807) is 29.2 Å². The first-order valence-corrected chi connectivity index (χ1v) is 9.31. The van der Waals surface area contributed by atoms with Crippen LogP contribution in [-0.4, -0.2) is 31.8 Å². The van der Waals surface area contributed by atoms with Crippen molar-refractivity contribution >= 4 is 23.4 Å². The quantitative estimate of drug-likeness (QED) is 0.683. The maximum atomic E-state index is 12.1. The SMILES string of the molecule is O=C(COc1ccc(-c2ccccc2)cc1)Nc1ccc(N2CCOC2=O)cc1. The maximum Gasteiger partial charge on any atom is 0.414 e. The molecule has 29 heavy (non-hydrogen) atoms. The first-order valence-electron chi connectivity index (χ1n) is 9.31. The molecule has 6 heteroatoms. The molecule has 0 aliphatic carbocycles. The fourth-order valence-corrected chi connectivity index (χ4v) is 3.07. The van der Waals surface area contributed by atoms with E-state index in [1.807, 2.05) is 54.6 Å². The fourth-order valence-electron chi connectivity index (χ4n) is 3.07. The molecule has 1 heterocycles. The predicted octanol–water partition coefficient (Wildman–Crippen LogP) is 4.33. The number of hydrogen-bond acceptors (Lipinski definition) is 4. The van der Waals surface area contributed by atoms with Crippen LogP contribution in [-0.2, 0) is 9.53 Å². The Morgan fingerprint density at radius 1 is 0.931 bits per heavy atom. The molecule has 146 valence electrons. The van der Waals surface area contributed by atoms with Crippen molar-refractivity contribution in [3.63, 3.8) is 0 Å². The molecule has 0 bridgehead atoms. The molecule has 0 atom stereocenters. The first-order chi connectivity index (χ1) is 14.2. The molecule has 4 rings (SSSR count). The molecule has 2 amide bonds. The second kappa shape index (κ2) is 8.48. The molecule has 0 saturated carbocycles. The van der Waals surface area contributed by atoms with E-state index in [1.165, 1.54) is 0 Å². The number of cyclic esters (lactones) is 1. The molecule has 1 aliphatic heterocycles. The highest BCUT2D eigenvalue weighted by Crippen LogP contribution is 2.23. The number of amides is 2. The zero-order valence-electron chi connectivity index (χ0n) is 15.7.